The minimum absolute atomic E-state index is 0.611. The highest BCUT2D eigenvalue weighted by Crippen LogP contribution is 2.29. The number of carbonyl (C=O) groups is 1. The Morgan fingerprint density at radius 1 is 1.24 bits per heavy atom. The Balaban J connectivity index is 2.38. The van der Waals surface area contributed by atoms with Crippen LogP contribution >= 0.6 is 11.3 Å². The van der Waals surface area contributed by atoms with Crippen molar-refractivity contribution in [2.24, 2.45) is 0 Å². The van der Waals surface area contributed by atoms with Crippen LogP contribution < -0.4 is 0 Å². The maximum atomic E-state index is 10.5. The molecule has 0 N–H and O–H groups in total. The van der Waals surface area contributed by atoms with Crippen LogP contribution in [0, 0.1) is 13.8 Å². The molecule has 2 heteroatoms. The van der Waals surface area contributed by atoms with Crippen LogP contribution in [0.4, 0.5) is 0 Å². The van der Waals surface area contributed by atoms with Crippen LogP contribution in [0.1, 0.15) is 23.1 Å². The van der Waals surface area contributed by atoms with Crippen LogP contribution in [-0.4, -0.2) is 6.29 Å². The molecule has 1 nitrogen and oxygen atoms in total. The van der Waals surface area contributed by atoms with E-state index in [-0.39, 0.29) is 0 Å². The van der Waals surface area contributed by atoms with Gasteiger partial charge >= 0.3 is 0 Å². The summed E-state index contributed by atoms with van der Waals surface area (Å²) in [6.07, 6.45) is 2.46. The van der Waals surface area contributed by atoms with E-state index in [0.717, 1.165) is 12.7 Å². The molecule has 0 aliphatic carbocycles. The second-order valence-electron chi connectivity index (χ2n) is 4.27. The van der Waals surface area contributed by atoms with Crippen LogP contribution in [0.15, 0.2) is 29.6 Å². The zero-order chi connectivity index (χ0) is 12.3. The molecule has 1 aromatic heterocycles. The lowest BCUT2D eigenvalue weighted by atomic mass is 9.95. The molecule has 88 valence electrons. The monoisotopic (exact) mass is 244 g/mol. The van der Waals surface area contributed by atoms with Gasteiger partial charge in [-0.15, -0.1) is 11.3 Å². The Hall–Kier alpha value is -1.41. The number of aryl methyl sites for hydroxylation is 2. The Bertz CT molecular complexity index is 489. The number of hydrogen-bond acceptors (Lipinski definition) is 2. The van der Waals surface area contributed by atoms with Gasteiger partial charge in [-0.1, -0.05) is 18.2 Å². The summed E-state index contributed by atoms with van der Waals surface area (Å²) >= 11 is 1.76. The van der Waals surface area contributed by atoms with Crippen molar-refractivity contribution in [3.63, 3.8) is 0 Å². The number of carbonyl (C=O) groups excluding carboxylic acids is 1. The molecular formula is C15H16OS. The van der Waals surface area contributed by atoms with Crippen LogP contribution in [0.2, 0.25) is 0 Å². The molecule has 0 unspecified atom stereocenters. The first kappa shape index (κ1) is 12.1. The number of aldehydes is 1. The topological polar surface area (TPSA) is 17.1 Å². The standard InChI is InChI=1S/C15H16OS/c1-11-9-13(15-6-4-8-17-15)10-12(2)14(11)5-3-7-16/h4,6-10H,3,5H2,1-2H3. The largest absolute Gasteiger partial charge is 0.303 e. The summed E-state index contributed by atoms with van der Waals surface area (Å²) in [5.74, 6) is 0. The zero-order valence-corrected chi connectivity index (χ0v) is 11.0. The first-order chi connectivity index (χ1) is 8.22. The van der Waals surface area contributed by atoms with E-state index in [1.807, 2.05) is 0 Å². The van der Waals surface area contributed by atoms with Gasteiger partial charge in [0.05, 0.1) is 0 Å². The number of hydrogen-bond donors (Lipinski definition) is 0. The van der Waals surface area contributed by atoms with Crippen molar-refractivity contribution in [3.05, 3.63) is 46.3 Å². The van der Waals surface area contributed by atoms with E-state index in [4.69, 9.17) is 0 Å². The zero-order valence-electron chi connectivity index (χ0n) is 10.2. The van der Waals surface area contributed by atoms with E-state index in [2.05, 4.69) is 43.5 Å². The molecule has 0 bridgehead atoms. The summed E-state index contributed by atoms with van der Waals surface area (Å²) in [5, 5.41) is 2.10. The third-order valence-corrected chi connectivity index (χ3v) is 3.93. The van der Waals surface area contributed by atoms with Crippen molar-refractivity contribution >= 4 is 17.6 Å². The smallest absolute Gasteiger partial charge is 0.120 e. The lowest BCUT2D eigenvalue weighted by Crippen LogP contribution is -1.95. The molecule has 0 atom stereocenters. The van der Waals surface area contributed by atoms with E-state index in [1.54, 1.807) is 11.3 Å². The van der Waals surface area contributed by atoms with Gasteiger partial charge in [0.15, 0.2) is 0 Å². The Morgan fingerprint density at radius 3 is 2.47 bits per heavy atom. The van der Waals surface area contributed by atoms with Crippen molar-refractivity contribution in [1.29, 1.82) is 0 Å². The van der Waals surface area contributed by atoms with Crippen molar-refractivity contribution in [1.82, 2.24) is 0 Å². The molecular weight excluding hydrogens is 228 g/mol. The molecule has 0 fully saturated rings. The van der Waals surface area contributed by atoms with E-state index < -0.39 is 0 Å². The minimum atomic E-state index is 0.611. The third kappa shape index (κ3) is 2.64. The molecule has 1 heterocycles. The molecule has 0 saturated carbocycles. The van der Waals surface area contributed by atoms with Gasteiger partial charge in [0.2, 0.25) is 0 Å². The van der Waals surface area contributed by atoms with Crippen molar-refractivity contribution < 1.29 is 4.79 Å². The van der Waals surface area contributed by atoms with Gasteiger partial charge in [-0.3, -0.25) is 0 Å². The molecule has 17 heavy (non-hydrogen) atoms. The Morgan fingerprint density at radius 2 is 1.94 bits per heavy atom. The molecule has 2 rings (SSSR count). The van der Waals surface area contributed by atoms with Gasteiger partial charge in [-0.25, -0.2) is 0 Å². The molecule has 0 amide bonds. The molecule has 0 radical (unpaired) electrons. The predicted molar refractivity (Wildman–Crippen MR) is 73.6 cm³/mol. The van der Waals surface area contributed by atoms with Gasteiger partial charge < -0.3 is 4.79 Å². The number of benzene rings is 1. The first-order valence-corrected chi connectivity index (χ1v) is 6.68. The van der Waals surface area contributed by atoms with Gasteiger partial charge in [0, 0.05) is 11.3 Å². The van der Waals surface area contributed by atoms with Gasteiger partial charge in [-0.2, -0.15) is 0 Å². The fourth-order valence-electron chi connectivity index (χ4n) is 2.18. The lowest BCUT2D eigenvalue weighted by molar-refractivity contribution is -0.107. The molecule has 0 aliphatic rings. The minimum Gasteiger partial charge on any atom is -0.303 e. The summed E-state index contributed by atoms with van der Waals surface area (Å²) < 4.78 is 0. The highest BCUT2D eigenvalue weighted by molar-refractivity contribution is 7.13. The van der Waals surface area contributed by atoms with Crippen LogP contribution in [0.3, 0.4) is 0 Å². The van der Waals surface area contributed by atoms with E-state index in [9.17, 15) is 4.79 Å². The maximum absolute atomic E-state index is 10.5. The summed E-state index contributed by atoms with van der Waals surface area (Å²) in [4.78, 5) is 11.8. The van der Waals surface area contributed by atoms with E-state index in [0.29, 0.717) is 6.42 Å². The normalized spacial score (nSPS) is 10.5. The highest BCUT2D eigenvalue weighted by atomic mass is 32.1. The highest BCUT2D eigenvalue weighted by Gasteiger charge is 2.06. The van der Waals surface area contributed by atoms with Gasteiger partial charge in [0.1, 0.15) is 6.29 Å². The summed E-state index contributed by atoms with van der Waals surface area (Å²) in [6, 6.07) is 8.66. The van der Waals surface area contributed by atoms with E-state index >= 15 is 0 Å². The number of thiophene rings is 1. The van der Waals surface area contributed by atoms with Gasteiger partial charge in [-0.05, 0) is 54.0 Å². The average molecular weight is 244 g/mol. The van der Waals surface area contributed by atoms with E-state index in [1.165, 1.54) is 27.1 Å². The second kappa shape index (κ2) is 5.28. The number of rotatable bonds is 4. The lowest BCUT2D eigenvalue weighted by Gasteiger charge is -2.11. The SMILES string of the molecule is Cc1cc(-c2cccs2)cc(C)c1CCC=O. The predicted octanol–water partition coefficient (Wildman–Crippen LogP) is 4.16. The van der Waals surface area contributed by atoms with Gasteiger partial charge in [0.25, 0.3) is 0 Å². The summed E-state index contributed by atoms with van der Waals surface area (Å²) in [7, 11) is 0. The average Bonchev–Trinajstić information content (AvgIpc) is 2.81. The Labute approximate surface area is 106 Å². The van der Waals surface area contributed by atoms with Crippen LogP contribution in [0.5, 0.6) is 0 Å². The molecule has 2 aromatic rings. The molecule has 0 spiro atoms. The Kier molecular flexibility index (Phi) is 3.75. The fourth-order valence-corrected chi connectivity index (χ4v) is 2.89. The van der Waals surface area contributed by atoms with Crippen molar-refractivity contribution in [2.75, 3.05) is 0 Å². The third-order valence-electron chi connectivity index (χ3n) is 3.01. The van der Waals surface area contributed by atoms with Crippen LogP contribution in [0.25, 0.3) is 10.4 Å². The summed E-state index contributed by atoms with van der Waals surface area (Å²) in [5.41, 5.74) is 5.17. The molecule has 0 aliphatic heterocycles. The molecule has 1 aromatic carbocycles. The van der Waals surface area contributed by atoms with Crippen molar-refractivity contribution in [3.8, 4) is 10.4 Å². The maximum Gasteiger partial charge on any atom is 0.120 e. The first-order valence-electron chi connectivity index (χ1n) is 5.80. The van der Waals surface area contributed by atoms with Crippen molar-refractivity contribution in [2.45, 2.75) is 26.7 Å². The molecule has 0 saturated heterocycles. The summed E-state index contributed by atoms with van der Waals surface area (Å²) in [6.45, 7) is 4.26. The fraction of sp³-hybridized carbons (Fsp3) is 0.267. The quantitative estimate of drug-likeness (QED) is 0.738. The second-order valence-corrected chi connectivity index (χ2v) is 5.22. The van der Waals surface area contributed by atoms with Crippen LogP contribution in [-0.2, 0) is 11.2 Å².